The topological polar surface area (TPSA) is 63.9 Å². The molecule has 2 aromatic rings. The van der Waals surface area contributed by atoms with Gasteiger partial charge in [-0.15, -0.1) is 0 Å². The normalized spacial score (nSPS) is 17.9. The van der Waals surface area contributed by atoms with Crippen LogP contribution in [0.25, 0.3) is 0 Å². The minimum absolute atomic E-state index is 0.0798. The Morgan fingerprint density at radius 2 is 2.27 bits per heavy atom. The molecular formula is C16H21N5O. The molecule has 1 fully saturated rings. The summed E-state index contributed by atoms with van der Waals surface area (Å²) >= 11 is 0. The molecular weight excluding hydrogens is 278 g/mol. The summed E-state index contributed by atoms with van der Waals surface area (Å²) in [6.07, 6.45) is 10.4. The molecule has 6 nitrogen and oxygen atoms in total. The van der Waals surface area contributed by atoms with Crippen molar-refractivity contribution in [3.63, 3.8) is 0 Å². The maximum atomic E-state index is 12.6. The molecule has 3 rings (SSSR count). The van der Waals surface area contributed by atoms with E-state index in [1.165, 1.54) is 0 Å². The number of rotatable bonds is 4. The van der Waals surface area contributed by atoms with Gasteiger partial charge in [-0.1, -0.05) is 0 Å². The molecule has 3 heterocycles. The van der Waals surface area contributed by atoms with E-state index < -0.39 is 0 Å². The first-order valence-electron chi connectivity index (χ1n) is 7.69. The number of carbonyl (C=O) groups excluding carboxylic acids is 1. The lowest BCUT2D eigenvalue weighted by Crippen LogP contribution is -2.31. The largest absolute Gasteiger partial charge is 0.334 e. The standard InChI is InChI=1S/C16H21N5O/c1-12-13(11-20(2)19-12)5-6-16(22)21-9-3-4-15(21)14-10-17-7-8-18-14/h7-8,10-11,15H,3-6,9H2,1-2H3/t15-/m0/s1. The molecule has 116 valence electrons. The summed E-state index contributed by atoms with van der Waals surface area (Å²) in [5, 5.41) is 4.32. The van der Waals surface area contributed by atoms with Gasteiger partial charge in [0.1, 0.15) is 0 Å². The van der Waals surface area contributed by atoms with Crippen LogP contribution in [-0.4, -0.2) is 37.1 Å². The fraction of sp³-hybridized carbons (Fsp3) is 0.500. The highest BCUT2D eigenvalue weighted by Gasteiger charge is 2.30. The van der Waals surface area contributed by atoms with Crippen molar-refractivity contribution in [1.29, 1.82) is 0 Å². The Morgan fingerprint density at radius 1 is 1.41 bits per heavy atom. The maximum absolute atomic E-state index is 12.6. The number of amides is 1. The third-order valence-corrected chi connectivity index (χ3v) is 4.22. The lowest BCUT2D eigenvalue weighted by molar-refractivity contribution is -0.132. The molecule has 0 radical (unpaired) electrons. The number of nitrogens with zero attached hydrogens (tertiary/aromatic N) is 5. The number of aryl methyl sites for hydroxylation is 3. The van der Waals surface area contributed by atoms with Gasteiger partial charge in [-0.25, -0.2) is 0 Å². The second-order valence-electron chi connectivity index (χ2n) is 5.79. The average molecular weight is 299 g/mol. The fourth-order valence-electron chi connectivity index (χ4n) is 3.13. The molecule has 0 saturated carbocycles. The molecule has 6 heteroatoms. The van der Waals surface area contributed by atoms with Crippen LogP contribution in [0.4, 0.5) is 0 Å². The maximum Gasteiger partial charge on any atom is 0.223 e. The predicted octanol–water partition coefficient (Wildman–Crippen LogP) is 1.81. The Labute approximate surface area is 130 Å². The summed E-state index contributed by atoms with van der Waals surface area (Å²) in [5.74, 6) is 0.191. The van der Waals surface area contributed by atoms with Crippen molar-refractivity contribution >= 4 is 5.91 Å². The van der Waals surface area contributed by atoms with Gasteiger partial charge in [0.15, 0.2) is 0 Å². The molecule has 0 bridgehead atoms. The molecule has 0 aromatic carbocycles. The van der Waals surface area contributed by atoms with Crippen LogP contribution in [-0.2, 0) is 18.3 Å². The molecule has 2 aromatic heterocycles. The molecule has 1 aliphatic rings. The summed E-state index contributed by atoms with van der Waals surface area (Å²) in [7, 11) is 1.91. The first kappa shape index (κ1) is 14.7. The van der Waals surface area contributed by atoms with Crippen LogP contribution in [0.15, 0.2) is 24.8 Å². The molecule has 1 atom stereocenters. The molecule has 0 aliphatic carbocycles. The number of carbonyl (C=O) groups is 1. The van der Waals surface area contributed by atoms with Crippen LogP contribution in [0.2, 0.25) is 0 Å². The van der Waals surface area contributed by atoms with E-state index in [1.54, 1.807) is 23.3 Å². The van der Waals surface area contributed by atoms with Crippen molar-refractivity contribution in [2.24, 2.45) is 7.05 Å². The van der Waals surface area contributed by atoms with Gasteiger partial charge in [-0.2, -0.15) is 5.10 Å². The zero-order valence-electron chi connectivity index (χ0n) is 13.1. The summed E-state index contributed by atoms with van der Waals surface area (Å²) in [6, 6.07) is 0.0798. The summed E-state index contributed by atoms with van der Waals surface area (Å²) in [4.78, 5) is 23.0. The minimum atomic E-state index is 0.0798. The Bertz CT molecular complexity index is 652. The highest BCUT2D eigenvalue weighted by molar-refractivity contribution is 5.77. The first-order valence-corrected chi connectivity index (χ1v) is 7.69. The average Bonchev–Trinajstić information content (AvgIpc) is 3.12. The lowest BCUT2D eigenvalue weighted by atomic mass is 10.1. The summed E-state index contributed by atoms with van der Waals surface area (Å²) < 4.78 is 1.80. The molecule has 0 unspecified atom stereocenters. The monoisotopic (exact) mass is 299 g/mol. The summed E-state index contributed by atoms with van der Waals surface area (Å²) in [6.45, 7) is 2.80. The number of hydrogen-bond acceptors (Lipinski definition) is 4. The highest BCUT2D eigenvalue weighted by Crippen LogP contribution is 2.30. The van der Waals surface area contributed by atoms with Crippen LogP contribution < -0.4 is 0 Å². The first-order chi connectivity index (χ1) is 10.6. The van der Waals surface area contributed by atoms with Gasteiger partial charge in [0, 0.05) is 38.6 Å². The van der Waals surface area contributed by atoms with Gasteiger partial charge in [0.2, 0.25) is 5.91 Å². The van der Waals surface area contributed by atoms with Gasteiger partial charge >= 0.3 is 0 Å². The van der Waals surface area contributed by atoms with Gasteiger partial charge in [0.05, 0.1) is 23.6 Å². The van der Waals surface area contributed by atoms with E-state index >= 15 is 0 Å². The number of aromatic nitrogens is 4. The fourth-order valence-corrected chi connectivity index (χ4v) is 3.13. The predicted molar refractivity (Wildman–Crippen MR) is 82.0 cm³/mol. The van der Waals surface area contributed by atoms with E-state index in [-0.39, 0.29) is 11.9 Å². The molecule has 1 amide bonds. The van der Waals surface area contributed by atoms with Gasteiger partial charge < -0.3 is 4.90 Å². The number of likely N-dealkylation sites (tertiary alicyclic amines) is 1. The van der Waals surface area contributed by atoms with E-state index in [1.807, 2.05) is 25.1 Å². The van der Waals surface area contributed by atoms with Crippen molar-refractivity contribution in [2.45, 2.75) is 38.6 Å². The van der Waals surface area contributed by atoms with Crippen LogP contribution in [0, 0.1) is 6.92 Å². The summed E-state index contributed by atoms with van der Waals surface area (Å²) in [5.41, 5.74) is 3.04. The lowest BCUT2D eigenvalue weighted by Gasteiger charge is -2.24. The Kier molecular flexibility index (Phi) is 4.18. The van der Waals surface area contributed by atoms with Crippen LogP contribution in [0.3, 0.4) is 0 Å². The van der Waals surface area contributed by atoms with Crippen LogP contribution in [0.1, 0.15) is 42.3 Å². The Hall–Kier alpha value is -2.24. The third kappa shape index (κ3) is 3.00. The molecule has 0 N–H and O–H groups in total. The molecule has 22 heavy (non-hydrogen) atoms. The van der Waals surface area contributed by atoms with Gasteiger partial charge in [-0.3, -0.25) is 19.4 Å². The van der Waals surface area contributed by atoms with Crippen LogP contribution in [0.5, 0.6) is 0 Å². The van der Waals surface area contributed by atoms with Crippen molar-refractivity contribution in [3.05, 3.63) is 41.7 Å². The van der Waals surface area contributed by atoms with Crippen molar-refractivity contribution in [1.82, 2.24) is 24.6 Å². The molecule has 1 aliphatic heterocycles. The molecule has 0 spiro atoms. The second kappa shape index (κ2) is 6.25. The van der Waals surface area contributed by atoms with E-state index in [9.17, 15) is 4.79 Å². The van der Waals surface area contributed by atoms with E-state index in [0.29, 0.717) is 6.42 Å². The van der Waals surface area contributed by atoms with Crippen molar-refractivity contribution < 1.29 is 4.79 Å². The van der Waals surface area contributed by atoms with E-state index in [4.69, 9.17) is 0 Å². The SMILES string of the molecule is Cc1nn(C)cc1CCC(=O)N1CCC[C@H]1c1cnccn1. The molecule has 1 saturated heterocycles. The number of hydrogen-bond donors (Lipinski definition) is 0. The quantitative estimate of drug-likeness (QED) is 0.864. The van der Waals surface area contributed by atoms with Crippen molar-refractivity contribution in [2.75, 3.05) is 6.54 Å². The third-order valence-electron chi connectivity index (χ3n) is 4.22. The second-order valence-corrected chi connectivity index (χ2v) is 5.79. The van der Waals surface area contributed by atoms with Crippen LogP contribution >= 0.6 is 0 Å². The van der Waals surface area contributed by atoms with E-state index in [0.717, 1.165) is 42.8 Å². The zero-order chi connectivity index (χ0) is 15.5. The van der Waals surface area contributed by atoms with Crippen molar-refractivity contribution in [3.8, 4) is 0 Å². The van der Waals surface area contributed by atoms with Gasteiger partial charge in [-0.05, 0) is 31.7 Å². The zero-order valence-corrected chi connectivity index (χ0v) is 13.1. The Balaban J connectivity index is 1.65. The van der Waals surface area contributed by atoms with E-state index in [2.05, 4.69) is 15.1 Å². The Morgan fingerprint density at radius 3 is 2.95 bits per heavy atom. The smallest absolute Gasteiger partial charge is 0.223 e. The highest BCUT2D eigenvalue weighted by atomic mass is 16.2. The minimum Gasteiger partial charge on any atom is -0.334 e. The van der Waals surface area contributed by atoms with Gasteiger partial charge in [0.25, 0.3) is 0 Å².